The Morgan fingerprint density at radius 3 is 2.44 bits per heavy atom. The van der Waals surface area contributed by atoms with Gasteiger partial charge in [-0.3, -0.25) is 4.79 Å². The lowest BCUT2D eigenvalue weighted by Crippen LogP contribution is -2.28. The first-order chi connectivity index (χ1) is 8.67. The summed E-state index contributed by atoms with van der Waals surface area (Å²) >= 11 is 0. The van der Waals surface area contributed by atoms with E-state index in [0.717, 1.165) is 24.8 Å². The molecule has 0 aliphatic rings. The molecule has 0 aromatic heterocycles. The minimum absolute atomic E-state index is 0.103. The smallest absolute Gasteiger partial charge is 0.223 e. The molecule has 1 rings (SSSR count). The zero-order valence-corrected chi connectivity index (χ0v) is 11.4. The van der Waals surface area contributed by atoms with E-state index < -0.39 is 0 Å². The number of carbonyl (C=O) groups excluding carboxylic acids is 1. The van der Waals surface area contributed by atoms with Crippen molar-refractivity contribution in [3.05, 3.63) is 35.4 Å². The molecule has 1 aromatic carbocycles. The summed E-state index contributed by atoms with van der Waals surface area (Å²) in [6, 6.07) is 8.25. The summed E-state index contributed by atoms with van der Waals surface area (Å²) in [5.41, 5.74) is 7.88. The fourth-order valence-electron chi connectivity index (χ4n) is 1.92. The van der Waals surface area contributed by atoms with Crippen LogP contribution in [0.15, 0.2) is 24.3 Å². The van der Waals surface area contributed by atoms with Gasteiger partial charge in [0.15, 0.2) is 0 Å². The van der Waals surface area contributed by atoms with Crippen LogP contribution in [0.1, 0.15) is 37.8 Å². The molecular weight excluding hydrogens is 224 g/mol. The second-order valence-corrected chi connectivity index (χ2v) is 4.76. The lowest BCUT2D eigenvalue weighted by Gasteiger charge is -2.11. The maximum Gasteiger partial charge on any atom is 0.223 e. The zero-order chi connectivity index (χ0) is 13.4. The van der Waals surface area contributed by atoms with Gasteiger partial charge in [0.05, 0.1) is 0 Å². The molecule has 3 nitrogen and oxygen atoms in total. The minimum Gasteiger partial charge on any atom is -0.352 e. The Balaban J connectivity index is 2.41. The van der Waals surface area contributed by atoms with Crippen LogP contribution in [0.2, 0.25) is 0 Å². The molecule has 1 aromatic rings. The van der Waals surface area contributed by atoms with Gasteiger partial charge in [0.1, 0.15) is 0 Å². The highest BCUT2D eigenvalue weighted by molar-refractivity contribution is 5.78. The molecule has 0 bridgehead atoms. The lowest BCUT2D eigenvalue weighted by molar-refractivity contribution is -0.124. The number of rotatable bonds is 7. The van der Waals surface area contributed by atoms with Gasteiger partial charge in [-0.1, -0.05) is 44.5 Å². The van der Waals surface area contributed by atoms with Gasteiger partial charge in [0, 0.05) is 12.5 Å². The van der Waals surface area contributed by atoms with Gasteiger partial charge in [-0.2, -0.15) is 0 Å². The van der Waals surface area contributed by atoms with Crippen molar-refractivity contribution in [1.29, 1.82) is 0 Å². The molecule has 1 amide bonds. The largest absolute Gasteiger partial charge is 0.352 e. The van der Waals surface area contributed by atoms with Crippen molar-refractivity contribution in [2.75, 3.05) is 6.54 Å². The topological polar surface area (TPSA) is 55.1 Å². The molecule has 0 radical (unpaired) electrons. The van der Waals surface area contributed by atoms with E-state index in [9.17, 15) is 4.79 Å². The molecule has 1 unspecified atom stereocenters. The average Bonchev–Trinajstić information content (AvgIpc) is 2.38. The van der Waals surface area contributed by atoms with E-state index in [-0.39, 0.29) is 11.8 Å². The second-order valence-electron chi connectivity index (χ2n) is 4.76. The van der Waals surface area contributed by atoms with Crippen molar-refractivity contribution in [1.82, 2.24) is 5.32 Å². The van der Waals surface area contributed by atoms with Crippen LogP contribution >= 0.6 is 0 Å². The summed E-state index contributed by atoms with van der Waals surface area (Å²) in [5, 5.41) is 2.97. The summed E-state index contributed by atoms with van der Waals surface area (Å²) < 4.78 is 0. The first-order valence-electron chi connectivity index (χ1n) is 6.73. The highest BCUT2D eigenvalue weighted by Crippen LogP contribution is 2.07. The molecule has 3 N–H and O–H groups in total. The van der Waals surface area contributed by atoms with E-state index in [4.69, 9.17) is 5.73 Å². The number of nitrogens with one attached hydrogen (secondary N) is 1. The Kier molecular flexibility index (Phi) is 6.44. The average molecular weight is 248 g/mol. The summed E-state index contributed by atoms with van der Waals surface area (Å²) in [7, 11) is 0. The van der Waals surface area contributed by atoms with Crippen LogP contribution in [-0.4, -0.2) is 12.5 Å². The predicted octanol–water partition coefficient (Wildman–Crippen LogP) is 2.24. The first kappa shape index (κ1) is 14.7. The number of amides is 1. The Labute approximate surface area is 110 Å². The van der Waals surface area contributed by atoms with Gasteiger partial charge in [-0.15, -0.1) is 0 Å². The number of benzene rings is 1. The summed E-state index contributed by atoms with van der Waals surface area (Å²) in [6.07, 6.45) is 2.89. The van der Waals surface area contributed by atoms with Crippen molar-refractivity contribution in [3.8, 4) is 0 Å². The van der Waals surface area contributed by atoms with Crippen LogP contribution in [0, 0.1) is 5.92 Å². The Bertz CT molecular complexity index is 359. The number of carbonyl (C=O) groups is 1. The van der Waals surface area contributed by atoms with E-state index >= 15 is 0 Å². The van der Waals surface area contributed by atoms with Crippen molar-refractivity contribution >= 4 is 5.91 Å². The fourth-order valence-corrected chi connectivity index (χ4v) is 1.92. The van der Waals surface area contributed by atoms with Crippen LogP contribution in [0.5, 0.6) is 0 Å². The molecule has 3 heteroatoms. The molecule has 0 saturated heterocycles. The van der Waals surface area contributed by atoms with Gasteiger partial charge in [-0.05, 0) is 30.5 Å². The minimum atomic E-state index is 0.103. The number of nitrogens with two attached hydrogens (primary N) is 1. The van der Waals surface area contributed by atoms with E-state index in [2.05, 4.69) is 36.5 Å². The summed E-state index contributed by atoms with van der Waals surface area (Å²) in [6.45, 7) is 5.35. The van der Waals surface area contributed by atoms with Gasteiger partial charge in [0.25, 0.3) is 0 Å². The monoisotopic (exact) mass is 248 g/mol. The Morgan fingerprint density at radius 1 is 1.28 bits per heavy atom. The van der Waals surface area contributed by atoms with Crippen LogP contribution in [0.4, 0.5) is 0 Å². The van der Waals surface area contributed by atoms with Crippen LogP contribution in [-0.2, 0) is 17.8 Å². The van der Waals surface area contributed by atoms with E-state index in [0.29, 0.717) is 13.1 Å². The van der Waals surface area contributed by atoms with E-state index in [1.165, 1.54) is 5.56 Å². The lowest BCUT2D eigenvalue weighted by atomic mass is 10.1. The van der Waals surface area contributed by atoms with Gasteiger partial charge in [0.2, 0.25) is 5.91 Å². The quantitative estimate of drug-likeness (QED) is 0.777. The van der Waals surface area contributed by atoms with Gasteiger partial charge in [-0.25, -0.2) is 0 Å². The van der Waals surface area contributed by atoms with Crippen molar-refractivity contribution < 1.29 is 4.79 Å². The van der Waals surface area contributed by atoms with Crippen LogP contribution in [0.3, 0.4) is 0 Å². The number of hydrogen-bond acceptors (Lipinski definition) is 2. The Morgan fingerprint density at radius 2 is 1.89 bits per heavy atom. The second kappa shape index (κ2) is 7.88. The third-order valence-corrected chi connectivity index (χ3v) is 3.09. The molecule has 100 valence electrons. The molecule has 0 aliphatic heterocycles. The number of hydrogen-bond donors (Lipinski definition) is 2. The third-order valence-electron chi connectivity index (χ3n) is 3.09. The molecular formula is C15H24N2O. The van der Waals surface area contributed by atoms with E-state index in [1.807, 2.05) is 6.92 Å². The predicted molar refractivity (Wildman–Crippen MR) is 75.1 cm³/mol. The van der Waals surface area contributed by atoms with Crippen molar-refractivity contribution in [2.24, 2.45) is 11.7 Å². The van der Waals surface area contributed by atoms with Crippen LogP contribution in [0.25, 0.3) is 0 Å². The molecule has 0 fully saturated rings. The standard InChI is InChI=1S/C15H24N2O/c1-3-4-12(2)15(18)17-11-14-7-5-13(6-8-14)9-10-16/h5-8,12H,3-4,9-11,16H2,1-2H3,(H,17,18). The highest BCUT2D eigenvalue weighted by Gasteiger charge is 2.10. The van der Waals surface area contributed by atoms with Crippen LogP contribution < -0.4 is 11.1 Å². The van der Waals surface area contributed by atoms with Crippen molar-refractivity contribution in [3.63, 3.8) is 0 Å². The zero-order valence-electron chi connectivity index (χ0n) is 11.4. The maximum absolute atomic E-state index is 11.7. The van der Waals surface area contributed by atoms with Gasteiger partial charge < -0.3 is 11.1 Å². The first-order valence-corrected chi connectivity index (χ1v) is 6.73. The molecule has 0 heterocycles. The molecule has 1 atom stereocenters. The van der Waals surface area contributed by atoms with Gasteiger partial charge >= 0.3 is 0 Å². The SMILES string of the molecule is CCCC(C)C(=O)NCc1ccc(CCN)cc1. The third kappa shape index (κ3) is 4.88. The molecule has 0 aliphatic carbocycles. The van der Waals surface area contributed by atoms with Crippen molar-refractivity contribution in [2.45, 2.75) is 39.7 Å². The fraction of sp³-hybridized carbons (Fsp3) is 0.533. The molecule has 0 spiro atoms. The van der Waals surface area contributed by atoms with E-state index in [1.54, 1.807) is 0 Å². The normalized spacial score (nSPS) is 12.2. The highest BCUT2D eigenvalue weighted by atomic mass is 16.1. The Hall–Kier alpha value is -1.35. The molecule has 0 saturated carbocycles. The summed E-state index contributed by atoms with van der Waals surface area (Å²) in [5.74, 6) is 0.245. The maximum atomic E-state index is 11.7. The molecule has 18 heavy (non-hydrogen) atoms. The summed E-state index contributed by atoms with van der Waals surface area (Å²) in [4.78, 5) is 11.7.